The molecule has 1 heterocycles. The maximum absolute atomic E-state index is 12.1. The lowest BCUT2D eigenvalue weighted by atomic mass is 10.2. The Labute approximate surface area is 128 Å². The van der Waals surface area contributed by atoms with Gasteiger partial charge in [0.05, 0.1) is 23.1 Å². The van der Waals surface area contributed by atoms with Gasteiger partial charge in [0, 0.05) is 6.54 Å². The van der Waals surface area contributed by atoms with Crippen LogP contribution >= 0.6 is 11.6 Å². The Balaban J connectivity index is 2.07. The molecule has 0 saturated heterocycles. The van der Waals surface area contributed by atoms with Crippen LogP contribution in [0.1, 0.15) is 29.4 Å². The normalized spacial score (nSPS) is 10.2. The smallest absolute Gasteiger partial charge is 0.275 e. The molecule has 0 fully saturated rings. The number of carbonyl (C=O) groups excluding carboxylic acids is 1. The molecule has 0 spiro atoms. The highest BCUT2D eigenvalue weighted by Gasteiger charge is 2.10. The Morgan fingerprint density at radius 1 is 1.29 bits per heavy atom. The molecule has 2 N–H and O–H groups in total. The van der Waals surface area contributed by atoms with E-state index in [4.69, 9.17) is 11.6 Å². The van der Waals surface area contributed by atoms with Crippen molar-refractivity contribution in [2.75, 3.05) is 17.2 Å². The van der Waals surface area contributed by atoms with E-state index < -0.39 is 0 Å². The van der Waals surface area contributed by atoms with Crippen molar-refractivity contribution in [3.63, 3.8) is 0 Å². The average molecular weight is 305 g/mol. The van der Waals surface area contributed by atoms with Crippen LogP contribution in [-0.2, 0) is 0 Å². The predicted molar refractivity (Wildman–Crippen MR) is 85.0 cm³/mol. The number of hydrogen-bond donors (Lipinski definition) is 2. The molecule has 0 aliphatic carbocycles. The van der Waals surface area contributed by atoms with Crippen LogP contribution in [0.2, 0.25) is 5.02 Å². The minimum absolute atomic E-state index is 0.245. The molecule has 5 nitrogen and oxygen atoms in total. The summed E-state index contributed by atoms with van der Waals surface area (Å²) in [5.74, 6) is 0.319. The first kappa shape index (κ1) is 15.3. The van der Waals surface area contributed by atoms with Crippen LogP contribution in [-0.4, -0.2) is 22.4 Å². The molecule has 0 bridgehead atoms. The molecule has 110 valence electrons. The molecular formula is C15H17ClN4O. The van der Waals surface area contributed by atoms with E-state index in [1.807, 2.05) is 19.1 Å². The van der Waals surface area contributed by atoms with Crippen LogP contribution in [0.5, 0.6) is 0 Å². The summed E-state index contributed by atoms with van der Waals surface area (Å²) in [6.45, 7) is 4.81. The van der Waals surface area contributed by atoms with Crippen molar-refractivity contribution in [3.05, 3.63) is 46.9 Å². The molecule has 2 aromatic rings. The Morgan fingerprint density at radius 2 is 2.10 bits per heavy atom. The molecule has 0 aliphatic heterocycles. The molecule has 2 rings (SSSR count). The summed E-state index contributed by atoms with van der Waals surface area (Å²) in [5.41, 5.74) is 1.83. The molecule has 0 atom stereocenters. The maximum atomic E-state index is 12.1. The fourth-order valence-electron chi connectivity index (χ4n) is 1.71. The zero-order valence-electron chi connectivity index (χ0n) is 12.0. The van der Waals surface area contributed by atoms with Crippen molar-refractivity contribution in [2.45, 2.75) is 20.3 Å². The molecular weight excluding hydrogens is 288 g/mol. The van der Waals surface area contributed by atoms with E-state index in [1.165, 1.54) is 6.20 Å². The minimum atomic E-state index is -0.336. The first-order valence-electron chi connectivity index (χ1n) is 6.73. The summed E-state index contributed by atoms with van der Waals surface area (Å²) in [5, 5.41) is 6.33. The third-order valence-corrected chi connectivity index (χ3v) is 3.14. The van der Waals surface area contributed by atoms with Crippen LogP contribution < -0.4 is 10.6 Å². The summed E-state index contributed by atoms with van der Waals surface area (Å²) >= 11 is 6.05. The first-order valence-corrected chi connectivity index (χ1v) is 7.11. The number of benzene rings is 1. The largest absolute Gasteiger partial charge is 0.369 e. The van der Waals surface area contributed by atoms with E-state index in [-0.39, 0.29) is 11.6 Å². The van der Waals surface area contributed by atoms with Gasteiger partial charge in [-0.2, -0.15) is 0 Å². The highest BCUT2D eigenvalue weighted by Crippen LogP contribution is 2.23. The summed E-state index contributed by atoms with van der Waals surface area (Å²) in [6, 6.07) is 5.44. The van der Waals surface area contributed by atoms with Crippen LogP contribution in [0, 0.1) is 6.92 Å². The molecule has 0 aliphatic rings. The van der Waals surface area contributed by atoms with Crippen molar-refractivity contribution in [1.29, 1.82) is 0 Å². The molecule has 1 aromatic carbocycles. The van der Waals surface area contributed by atoms with E-state index in [2.05, 4.69) is 27.5 Å². The number of amides is 1. The van der Waals surface area contributed by atoms with Gasteiger partial charge >= 0.3 is 0 Å². The maximum Gasteiger partial charge on any atom is 0.275 e. The monoisotopic (exact) mass is 304 g/mol. The van der Waals surface area contributed by atoms with E-state index in [0.717, 1.165) is 18.5 Å². The lowest BCUT2D eigenvalue weighted by molar-refractivity contribution is 0.102. The van der Waals surface area contributed by atoms with Gasteiger partial charge in [0.15, 0.2) is 0 Å². The van der Waals surface area contributed by atoms with Crippen LogP contribution in [0.4, 0.5) is 11.5 Å². The summed E-state index contributed by atoms with van der Waals surface area (Å²) in [4.78, 5) is 20.4. The number of nitrogens with one attached hydrogen (secondary N) is 2. The number of nitrogens with zero attached hydrogens (tertiary/aromatic N) is 2. The number of anilines is 2. The van der Waals surface area contributed by atoms with E-state index in [0.29, 0.717) is 16.5 Å². The third-order valence-electron chi connectivity index (χ3n) is 2.81. The lowest BCUT2D eigenvalue weighted by Gasteiger charge is -2.08. The summed E-state index contributed by atoms with van der Waals surface area (Å²) in [7, 11) is 0. The second-order valence-corrected chi connectivity index (χ2v) is 5.06. The number of carbonyl (C=O) groups is 1. The fourth-order valence-corrected chi connectivity index (χ4v) is 1.88. The van der Waals surface area contributed by atoms with Gasteiger partial charge in [-0.1, -0.05) is 24.6 Å². The molecule has 21 heavy (non-hydrogen) atoms. The topological polar surface area (TPSA) is 66.9 Å². The standard InChI is InChI=1S/C15H17ClN4O/c1-3-6-17-14-9-18-13(8-19-14)15(21)20-12-7-10(2)4-5-11(12)16/h4-5,7-9H,3,6H2,1-2H3,(H,17,19)(H,20,21). The van der Waals surface area contributed by atoms with Gasteiger partial charge in [0.25, 0.3) is 5.91 Å². The third kappa shape index (κ3) is 4.16. The highest BCUT2D eigenvalue weighted by molar-refractivity contribution is 6.33. The summed E-state index contributed by atoms with van der Waals surface area (Å²) < 4.78 is 0. The second-order valence-electron chi connectivity index (χ2n) is 4.65. The van der Waals surface area contributed by atoms with Crippen molar-refractivity contribution >= 4 is 29.0 Å². The van der Waals surface area contributed by atoms with Crippen molar-refractivity contribution in [1.82, 2.24) is 9.97 Å². The molecule has 1 aromatic heterocycles. The molecule has 1 amide bonds. The van der Waals surface area contributed by atoms with Gasteiger partial charge in [-0.3, -0.25) is 4.79 Å². The number of aromatic nitrogens is 2. The second kappa shape index (κ2) is 7.04. The SMILES string of the molecule is CCCNc1cnc(C(=O)Nc2cc(C)ccc2Cl)cn1. The van der Waals surface area contributed by atoms with E-state index in [1.54, 1.807) is 12.3 Å². The van der Waals surface area contributed by atoms with Crippen molar-refractivity contribution in [3.8, 4) is 0 Å². The molecule has 6 heteroatoms. The van der Waals surface area contributed by atoms with Crippen LogP contribution in [0.3, 0.4) is 0 Å². The van der Waals surface area contributed by atoms with Crippen molar-refractivity contribution in [2.24, 2.45) is 0 Å². The zero-order valence-corrected chi connectivity index (χ0v) is 12.7. The van der Waals surface area contributed by atoms with E-state index in [9.17, 15) is 4.79 Å². The average Bonchev–Trinajstić information content (AvgIpc) is 2.49. The first-order chi connectivity index (χ1) is 10.1. The quantitative estimate of drug-likeness (QED) is 0.887. The van der Waals surface area contributed by atoms with Gasteiger partial charge < -0.3 is 10.6 Å². The van der Waals surface area contributed by atoms with Gasteiger partial charge in [-0.05, 0) is 31.0 Å². The lowest BCUT2D eigenvalue weighted by Crippen LogP contribution is -2.15. The zero-order chi connectivity index (χ0) is 15.2. The summed E-state index contributed by atoms with van der Waals surface area (Å²) in [6.07, 6.45) is 3.98. The van der Waals surface area contributed by atoms with Gasteiger partial charge in [0.2, 0.25) is 0 Å². The van der Waals surface area contributed by atoms with E-state index >= 15 is 0 Å². The molecule has 0 unspecified atom stereocenters. The van der Waals surface area contributed by atoms with Crippen LogP contribution in [0.25, 0.3) is 0 Å². The highest BCUT2D eigenvalue weighted by atomic mass is 35.5. The number of halogens is 1. The Morgan fingerprint density at radius 3 is 2.76 bits per heavy atom. The predicted octanol–water partition coefficient (Wildman–Crippen LogP) is 3.51. The fraction of sp³-hybridized carbons (Fsp3) is 0.267. The number of aryl methyl sites for hydroxylation is 1. The van der Waals surface area contributed by atoms with Gasteiger partial charge in [-0.25, -0.2) is 9.97 Å². The van der Waals surface area contributed by atoms with Crippen molar-refractivity contribution < 1.29 is 4.79 Å². The van der Waals surface area contributed by atoms with Crippen LogP contribution in [0.15, 0.2) is 30.6 Å². The van der Waals surface area contributed by atoms with Gasteiger partial charge in [-0.15, -0.1) is 0 Å². The Hall–Kier alpha value is -2.14. The Kier molecular flexibility index (Phi) is 5.11. The molecule has 0 saturated carbocycles. The number of hydrogen-bond acceptors (Lipinski definition) is 4. The Bertz CT molecular complexity index is 628. The van der Waals surface area contributed by atoms with Gasteiger partial charge in [0.1, 0.15) is 11.5 Å². The number of rotatable bonds is 5. The minimum Gasteiger partial charge on any atom is -0.369 e. The molecule has 0 radical (unpaired) electrons.